The van der Waals surface area contributed by atoms with Gasteiger partial charge in [0.25, 0.3) is 0 Å². The molecule has 0 bridgehead atoms. The quantitative estimate of drug-likeness (QED) is 0.645. The summed E-state index contributed by atoms with van der Waals surface area (Å²) in [5, 5.41) is 1.16. The molecule has 1 fully saturated rings. The van der Waals surface area contributed by atoms with Crippen LogP contribution in [-0.2, 0) is 33.7 Å². The number of nitrogens with zero attached hydrogens (tertiary/aromatic N) is 3. The summed E-state index contributed by atoms with van der Waals surface area (Å²) in [6.45, 7) is 4.63. The van der Waals surface area contributed by atoms with Crippen molar-refractivity contribution >= 4 is 22.8 Å². The molecule has 0 aliphatic carbocycles. The van der Waals surface area contributed by atoms with Crippen LogP contribution in [0.4, 0.5) is 0 Å². The molecule has 4 heterocycles. The smallest absolute Gasteiger partial charge is 0.329 e. The van der Waals surface area contributed by atoms with Gasteiger partial charge in [-0.1, -0.05) is 18.2 Å². The van der Waals surface area contributed by atoms with E-state index in [1.54, 1.807) is 17.4 Å². The van der Waals surface area contributed by atoms with E-state index in [0.29, 0.717) is 19.4 Å². The molecule has 2 N–H and O–H groups in total. The second kappa shape index (κ2) is 6.70. The van der Waals surface area contributed by atoms with Crippen molar-refractivity contribution in [1.29, 1.82) is 0 Å². The van der Waals surface area contributed by atoms with E-state index in [0.717, 1.165) is 22.3 Å². The number of amides is 1. The van der Waals surface area contributed by atoms with Gasteiger partial charge in [-0.15, -0.1) is 0 Å². The molecule has 0 unspecified atom stereocenters. The molecule has 30 heavy (non-hydrogen) atoms. The molecule has 2 aromatic heterocycles. The lowest BCUT2D eigenvalue weighted by Crippen LogP contribution is -2.56. The largest absolute Gasteiger partial charge is 0.467 e. The van der Waals surface area contributed by atoms with Gasteiger partial charge >= 0.3 is 5.97 Å². The van der Waals surface area contributed by atoms with E-state index in [1.807, 2.05) is 26.0 Å². The summed E-state index contributed by atoms with van der Waals surface area (Å²) in [5.41, 5.74) is 3.57. The summed E-state index contributed by atoms with van der Waals surface area (Å²) >= 11 is 0. The zero-order chi connectivity index (χ0) is 21.0. The van der Waals surface area contributed by atoms with Gasteiger partial charge in [-0.05, 0) is 31.9 Å². The summed E-state index contributed by atoms with van der Waals surface area (Å²) < 4.78 is 5.08. The number of hydrogen-bond donors (Lipinski definition) is 2. The summed E-state index contributed by atoms with van der Waals surface area (Å²) in [7, 11) is 1.36. The minimum Gasteiger partial charge on any atom is -0.467 e. The van der Waals surface area contributed by atoms with Crippen LogP contribution in [0.1, 0.15) is 30.8 Å². The summed E-state index contributed by atoms with van der Waals surface area (Å²) in [4.78, 5) is 40.9. The Bertz CT molecular complexity index is 1120. The standard InChI is InChI=1S/C22H25N5O3/c1-22(2)26-11-17-15(14-6-4-5-7-16(14)25-17)9-18(26)20(28)27(22)19(21(29)30-3)8-13-10-23-12-24-13/h4-7,10,12,18-19,25H,8-9,11H2,1-3H3,(H,23,24)/t18-,19-/m0/s1. The minimum absolute atomic E-state index is 0.0363. The molecule has 0 spiro atoms. The maximum atomic E-state index is 13.7. The van der Waals surface area contributed by atoms with Gasteiger partial charge in [0.1, 0.15) is 6.04 Å². The lowest BCUT2D eigenvalue weighted by atomic mass is 9.96. The Labute approximate surface area is 174 Å². The fourth-order valence-electron chi connectivity index (χ4n) is 5.13. The maximum Gasteiger partial charge on any atom is 0.329 e. The lowest BCUT2D eigenvalue weighted by molar-refractivity contribution is -0.155. The van der Waals surface area contributed by atoms with Crippen molar-refractivity contribution in [3.05, 3.63) is 53.7 Å². The number of aromatic amines is 2. The number of carbonyl (C=O) groups excluding carboxylic acids is 2. The van der Waals surface area contributed by atoms with Crippen LogP contribution in [-0.4, -0.2) is 61.5 Å². The Morgan fingerprint density at radius 1 is 1.37 bits per heavy atom. The summed E-state index contributed by atoms with van der Waals surface area (Å²) in [6, 6.07) is 7.17. The first-order valence-electron chi connectivity index (χ1n) is 10.1. The first kappa shape index (κ1) is 18.9. The first-order valence-corrected chi connectivity index (χ1v) is 10.1. The van der Waals surface area contributed by atoms with Gasteiger partial charge in [0.15, 0.2) is 0 Å². The van der Waals surface area contributed by atoms with E-state index < -0.39 is 17.7 Å². The number of aromatic nitrogens is 3. The molecule has 1 aromatic carbocycles. The second-order valence-electron chi connectivity index (χ2n) is 8.50. The molecule has 3 aromatic rings. The number of para-hydroxylation sites is 1. The van der Waals surface area contributed by atoms with Crippen molar-refractivity contribution < 1.29 is 14.3 Å². The van der Waals surface area contributed by atoms with Gasteiger partial charge < -0.3 is 19.6 Å². The van der Waals surface area contributed by atoms with Crippen molar-refractivity contribution in [2.45, 2.75) is 51.0 Å². The third-order valence-electron chi connectivity index (χ3n) is 6.57. The van der Waals surface area contributed by atoms with Gasteiger partial charge in [0, 0.05) is 41.5 Å². The van der Waals surface area contributed by atoms with Crippen molar-refractivity contribution in [2.75, 3.05) is 7.11 Å². The number of H-pyrrole nitrogens is 2. The third kappa shape index (κ3) is 2.67. The molecule has 2 atom stereocenters. The number of fused-ring (bicyclic) bond motifs is 4. The van der Waals surface area contributed by atoms with Crippen LogP contribution in [0.15, 0.2) is 36.8 Å². The fourth-order valence-corrected chi connectivity index (χ4v) is 5.13. The number of carbonyl (C=O) groups is 2. The number of imidazole rings is 1. The van der Waals surface area contributed by atoms with E-state index in [9.17, 15) is 9.59 Å². The molecule has 2 aliphatic heterocycles. The van der Waals surface area contributed by atoms with Gasteiger partial charge in [-0.3, -0.25) is 9.69 Å². The Balaban J connectivity index is 1.53. The number of nitrogens with one attached hydrogen (secondary N) is 2. The highest BCUT2D eigenvalue weighted by atomic mass is 16.5. The average Bonchev–Trinajstić information content (AvgIpc) is 3.42. The molecule has 8 heteroatoms. The number of methoxy groups -OCH3 is 1. The number of hydrogen-bond acceptors (Lipinski definition) is 5. The van der Waals surface area contributed by atoms with Crippen molar-refractivity contribution in [3.8, 4) is 0 Å². The topological polar surface area (TPSA) is 94.3 Å². The SMILES string of the molecule is COC(=O)[C@H](Cc1cnc[nH]1)N1C(=O)[C@@H]2Cc3c([nH]c4ccccc34)CN2C1(C)C. The molecule has 2 aliphatic rings. The number of ether oxygens (including phenoxy) is 1. The lowest BCUT2D eigenvalue weighted by Gasteiger charge is -2.42. The predicted molar refractivity (Wildman–Crippen MR) is 110 cm³/mol. The number of rotatable bonds is 4. The minimum atomic E-state index is -0.723. The number of benzene rings is 1. The van der Waals surface area contributed by atoms with Gasteiger partial charge in [-0.25, -0.2) is 9.78 Å². The molecule has 5 rings (SSSR count). The van der Waals surface area contributed by atoms with Crippen LogP contribution in [0, 0.1) is 0 Å². The monoisotopic (exact) mass is 407 g/mol. The van der Waals surface area contributed by atoms with Crippen molar-refractivity contribution in [2.24, 2.45) is 0 Å². The highest BCUT2D eigenvalue weighted by Gasteiger charge is 2.56. The Morgan fingerprint density at radius 2 is 2.17 bits per heavy atom. The van der Waals surface area contributed by atoms with Gasteiger partial charge in [-0.2, -0.15) is 0 Å². The van der Waals surface area contributed by atoms with E-state index in [2.05, 4.69) is 32.0 Å². The highest BCUT2D eigenvalue weighted by molar-refractivity contribution is 5.92. The number of esters is 1. The average molecular weight is 407 g/mol. The maximum absolute atomic E-state index is 13.7. The normalized spacial score (nSPS) is 21.5. The summed E-state index contributed by atoms with van der Waals surface area (Å²) in [5.74, 6) is -0.458. The van der Waals surface area contributed by atoms with Gasteiger partial charge in [0.05, 0.1) is 25.1 Å². The van der Waals surface area contributed by atoms with Crippen molar-refractivity contribution in [3.63, 3.8) is 0 Å². The van der Waals surface area contributed by atoms with Crippen LogP contribution in [0.2, 0.25) is 0 Å². The second-order valence-corrected chi connectivity index (χ2v) is 8.50. The van der Waals surface area contributed by atoms with Crippen LogP contribution < -0.4 is 0 Å². The third-order valence-corrected chi connectivity index (χ3v) is 6.57. The Morgan fingerprint density at radius 3 is 2.90 bits per heavy atom. The molecular weight excluding hydrogens is 382 g/mol. The van der Waals surface area contributed by atoms with Crippen LogP contribution >= 0.6 is 0 Å². The Hall–Kier alpha value is -3.13. The molecule has 0 radical (unpaired) electrons. The van der Waals surface area contributed by atoms with Crippen molar-refractivity contribution in [1.82, 2.24) is 24.8 Å². The summed E-state index contributed by atoms with van der Waals surface area (Å²) in [6.07, 6.45) is 4.20. The molecule has 156 valence electrons. The molecule has 8 nitrogen and oxygen atoms in total. The van der Waals surface area contributed by atoms with Gasteiger partial charge in [0.2, 0.25) is 5.91 Å². The highest BCUT2D eigenvalue weighted by Crippen LogP contribution is 2.41. The molecule has 1 saturated heterocycles. The Kier molecular flexibility index (Phi) is 4.21. The molecular formula is C22H25N5O3. The predicted octanol–water partition coefficient (Wildman–Crippen LogP) is 1.98. The van der Waals surface area contributed by atoms with E-state index in [4.69, 9.17) is 4.74 Å². The van der Waals surface area contributed by atoms with Crippen LogP contribution in [0.3, 0.4) is 0 Å². The zero-order valence-corrected chi connectivity index (χ0v) is 17.3. The molecule has 1 amide bonds. The first-order chi connectivity index (χ1) is 14.4. The molecule has 0 saturated carbocycles. The van der Waals surface area contributed by atoms with E-state index in [1.165, 1.54) is 12.7 Å². The fraction of sp³-hybridized carbons (Fsp3) is 0.409. The van der Waals surface area contributed by atoms with E-state index in [-0.39, 0.29) is 11.9 Å². The zero-order valence-electron chi connectivity index (χ0n) is 17.3. The van der Waals surface area contributed by atoms with Crippen LogP contribution in [0.25, 0.3) is 10.9 Å². The van der Waals surface area contributed by atoms with Crippen LogP contribution in [0.5, 0.6) is 0 Å². The van der Waals surface area contributed by atoms with E-state index >= 15 is 0 Å².